The number of nitrogens with two attached hydrogens (primary N) is 1. The molecule has 1 unspecified atom stereocenters. The first-order valence-corrected chi connectivity index (χ1v) is 7.54. The molecule has 3 N–H and O–H groups in total. The smallest absolute Gasteiger partial charge is 0.152 e. The normalized spacial score (nSPS) is 21.4. The van der Waals surface area contributed by atoms with Crippen molar-refractivity contribution in [1.82, 2.24) is 0 Å². The first kappa shape index (κ1) is 12.7. The van der Waals surface area contributed by atoms with E-state index in [9.17, 15) is 8.42 Å². The molecule has 1 aliphatic rings. The Balaban J connectivity index is 2.11. The molecule has 0 aromatic heterocycles. The molecule has 0 spiro atoms. The monoisotopic (exact) mass is 265 g/mol. The minimum absolute atomic E-state index is 0.0476. The maximum Gasteiger partial charge on any atom is 0.152 e. The summed E-state index contributed by atoms with van der Waals surface area (Å²) in [6, 6.07) is 7.36. The van der Waals surface area contributed by atoms with Gasteiger partial charge in [0, 0.05) is 17.4 Å². The Morgan fingerprint density at radius 1 is 1.50 bits per heavy atom. The quantitative estimate of drug-likeness (QED) is 0.793. The van der Waals surface area contributed by atoms with Crippen LogP contribution < -0.4 is 11.1 Å². The Hall–Kier alpha value is -1.74. The summed E-state index contributed by atoms with van der Waals surface area (Å²) in [5, 5.41) is 11.9. The molecule has 5 nitrogen and oxygen atoms in total. The number of hydrogen-bond donors (Lipinski definition) is 2. The predicted octanol–water partition coefficient (Wildman–Crippen LogP) is 0.934. The Kier molecular flexibility index (Phi) is 3.43. The van der Waals surface area contributed by atoms with Crippen LogP contribution in [0.2, 0.25) is 0 Å². The van der Waals surface area contributed by atoms with Gasteiger partial charge in [-0.05, 0) is 30.2 Å². The number of benzene rings is 1. The van der Waals surface area contributed by atoms with Crippen molar-refractivity contribution in [3.05, 3.63) is 23.8 Å². The van der Waals surface area contributed by atoms with Crippen molar-refractivity contribution in [2.75, 3.05) is 22.6 Å². The summed E-state index contributed by atoms with van der Waals surface area (Å²) in [6.07, 6.45) is 0.880. The highest BCUT2D eigenvalue weighted by atomic mass is 32.2. The minimum Gasteiger partial charge on any atom is -0.398 e. The third-order valence-corrected chi connectivity index (χ3v) is 4.78. The highest BCUT2D eigenvalue weighted by molar-refractivity contribution is 7.91. The lowest BCUT2D eigenvalue weighted by Gasteiger charge is -2.13. The van der Waals surface area contributed by atoms with Gasteiger partial charge in [0.15, 0.2) is 9.84 Å². The molecule has 6 heteroatoms. The van der Waals surface area contributed by atoms with Crippen molar-refractivity contribution in [3.63, 3.8) is 0 Å². The van der Waals surface area contributed by atoms with Crippen LogP contribution in [0.25, 0.3) is 0 Å². The van der Waals surface area contributed by atoms with Gasteiger partial charge in [0.1, 0.15) is 0 Å². The van der Waals surface area contributed by atoms with Crippen LogP contribution in [-0.2, 0) is 16.3 Å². The van der Waals surface area contributed by atoms with Gasteiger partial charge in [-0.3, -0.25) is 0 Å². The van der Waals surface area contributed by atoms with Gasteiger partial charge in [-0.25, -0.2) is 8.42 Å². The Morgan fingerprint density at radius 2 is 2.28 bits per heavy atom. The van der Waals surface area contributed by atoms with Crippen molar-refractivity contribution >= 4 is 21.2 Å². The topological polar surface area (TPSA) is 96.0 Å². The van der Waals surface area contributed by atoms with E-state index in [1.165, 1.54) is 0 Å². The molecule has 1 saturated heterocycles. The third-order valence-electron chi connectivity index (χ3n) is 3.02. The van der Waals surface area contributed by atoms with Crippen LogP contribution in [0.4, 0.5) is 11.4 Å². The standard InChI is InChI=1S/C12H15N3O2S/c13-5-3-9-7-10(1-2-12(9)14)15-11-4-6-18(16,17)8-11/h1-2,7,11,15H,3-4,6,8,14H2. The van der Waals surface area contributed by atoms with Crippen LogP contribution in [0.3, 0.4) is 0 Å². The zero-order valence-corrected chi connectivity index (χ0v) is 10.7. The van der Waals surface area contributed by atoms with E-state index in [1.54, 1.807) is 12.1 Å². The zero-order valence-electron chi connectivity index (χ0n) is 9.89. The fourth-order valence-electron chi connectivity index (χ4n) is 2.08. The second-order valence-electron chi connectivity index (χ2n) is 4.49. The molecule has 1 aromatic rings. The summed E-state index contributed by atoms with van der Waals surface area (Å²) < 4.78 is 22.7. The van der Waals surface area contributed by atoms with Gasteiger partial charge >= 0.3 is 0 Å². The van der Waals surface area contributed by atoms with Crippen molar-refractivity contribution in [2.24, 2.45) is 0 Å². The lowest BCUT2D eigenvalue weighted by atomic mass is 10.1. The number of nitrogens with zero attached hydrogens (tertiary/aromatic N) is 1. The van der Waals surface area contributed by atoms with E-state index in [0.717, 1.165) is 11.3 Å². The molecule has 18 heavy (non-hydrogen) atoms. The number of rotatable bonds is 3. The third kappa shape index (κ3) is 2.93. The molecule has 1 aromatic carbocycles. The Bertz CT molecular complexity index is 590. The van der Waals surface area contributed by atoms with Gasteiger partial charge in [0.05, 0.1) is 24.0 Å². The van der Waals surface area contributed by atoms with Crippen molar-refractivity contribution in [3.8, 4) is 6.07 Å². The second kappa shape index (κ2) is 4.86. The molecular formula is C12H15N3O2S. The fourth-order valence-corrected chi connectivity index (χ4v) is 3.75. The summed E-state index contributed by atoms with van der Waals surface area (Å²) in [7, 11) is -2.88. The Labute approximate surface area is 107 Å². The maximum atomic E-state index is 11.4. The number of sulfone groups is 1. The number of nitriles is 1. The average Bonchev–Trinajstić information content (AvgIpc) is 2.63. The first-order chi connectivity index (χ1) is 8.50. The number of anilines is 2. The fraction of sp³-hybridized carbons (Fsp3) is 0.417. The molecule has 0 aliphatic carbocycles. The summed E-state index contributed by atoms with van der Waals surface area (Å²) >= 11 is 0. The van der Waals surface area contributed by atoms with E-state index in [1.807, 2.05) is 6.07 Å². The van der Waals surface area contributed by atoms with Gasteiger partial charge in [-0.2, -0.15) is 5.26 Å². The van der Waals surface area contributed by atoms with Crippen molar-refractivity contribution < 1.29 is 8.42 Å². The number of hydrogen-bond acceptors (Lipinski definition) is 5. The van der Waals surface area contributed by atoms with Crippen molar-refractivity contribution in [1.29, 1.82) is 5.26 Å². The van der Waals surface area contributed by atoms with Crippen LogP contribution >= 0.6 is 0 Å². The highest BCUT2D eigenvalue weighted by Crippen LogP contribution is 2.21. The van der Waals surface area contributed by atoms with Gasteiger partial charge < -0.3 is 11.1 Å². The average molecular weight is 265 g/mol. The Morgan fingerprint density at radius 3 is 2.89 bits per heavy atom. The predicted molar refractivity (Wildman–Crippen MR) is 70.9 cm³/mol. The van der Waals surface area contributed by atoms with Gasteiger partial charge in [0.2, 0.25) is 0 Å². The van der Waals surface area contributed by atoms with Crippen LogP contribution in [0, 0.1) is 11.3 Å². The van der Waals surface area contributed by atoms with Gasteiger partial charge in [-0.1, -0.05) is 0 Å². The summed E-state index contributed by atoms with van der Waals surface area (Å²) in [4.78, 5) is 0. The van der Waals surface area contributed by atoms with Crippen LogP contribution in [0.15, 0.2) is 18.2 Å². The van der Waals surface area contributed by atoms with Crippen LogP contribution in [-0.4, -0.2) is 26.0 Å². The van der Waals surface area contributed by atoms with Gasteiger partial charge in [-0.15, -0.1) is 0 Å². The molecule has 1 aliphatic heterocycles. The summed E-state index contributed by atoms with van der Waals surface area (Å²) in [6.45, 7) is 0. The molecule has 0 radical (unpaired) electrons. The van der Waals surface area contributed by atoms with Crippen molar-refractivity contribution in [2.45, 2.75) is 18.9 Å². The first-order valence-electron chi connectivity index (χ1n) is 5.72. The molecule has 96 valence electrons. The maximum absolute atomic E-state index is 11.4. The highest BCUT2D eigenvalue weighted by Gasteiger charge is 2.27. The molecule has 0 bridgehead atoms. The van der Waals surface area contributed by atoms with Crippen LogP contribution in [0.1, 0.15) is 12.0 Å². The van der Waals surface area contributed by atoms with E-state index in [-0.39, 0.29) is 24.0 Å². The second-order valence-corrected chi connectivity index (χ2v) is 6.72. The number of nitrogen functional groups attached to an aromatic ring is 1. The van der Waals surface area contributed by atoms with E-state index in [0.29, 0.717) is 12.1 Å². The molecule has 0 saturated carbocycles. The van der Waals surface area contributed by atoms with E-state index < -0.39 is 9.84 Å². The number of nitrogens with one attached hydrogen (secondary N) is 1. The lowest BCUT2D eigenvalue weighted by molar-refractivity contribution is 0.602. The summed E-state index contributed by atoms with van der Waals surface area (Å²) in [5.74, 6) is 0.412. The van der Waals surface area contributed by atoms with E-state index in [2.05, 4.69) is 11.4 Å². The molecular weight excluding hydrogens is 250 g/mol. The molecule has 2 rings (SSSR count). The molecule has 0 amide bonds. The van der Waals surface area contributed by atoms with E-state index >= 15 is 0 Å². The molecule has 1 fully saturated rings. The zero-order chi connectivity index (χ0) is 13.2. The van der Waals surface area contributed by atoms with E-state index in [4.69, 9.17) is 11.0 Å². The molecule has 1 atom stereocenters. The van der Waals surface area contributed by atoms with Gasteiger partial charge in [0.25, 0.3) is 0 Å². The lowest BCUT2D eigenvalue weighted by Crippen LogP contribution is -2.20. The van der Waals surface area contributed by atoms with Crippen LogP contribution in [0.5, 0.6) is 0 Å². The summed E-state index contributed by atoms with van der Waals surface area (Å²) in [5.41, 5.74) is 7.92. The SMILES string of the molecule is N#CCc1cc(NC2CCS(=O)(=O)C2)ccc1N. The largest absolute Gasteiger partial charge is 0.398 e. The molecule has 1 heterocycles. The minimum atomic E-state index is -2.88.